The summed E-state index contributed by atoms with van der Waals surface area (Å²) in [6.45, 7) is 4.16. The van der Waals surface area contributed by atoms with Crippen LogP contribution in [0.3, 0.4) is 0 Å². The average Bonchev–Trinajstić information content (AvgIpc) is 3.27. The Hall–Kier alpha value is -3.96. The van der Waals surface area contributed by atoms with E-state index < -0.39 is 70.1 Å². The number of aryl methyl sites for hydroxylation is 1. The van der Waals surface area contributed by atoms with E-state index >= 15 is 4.39 Å². The van der Waals surface area contributed by atoms with Crippen LogP contribution >= 0.6 is 0 Å². The fraction of sp³-hybridized carbons (Fsp3) is 0.450. The fourth-order valence-corrected chi connectivity index (χ4v) is 3.17. The fourth-order valence-electron chi connectivity index (χ4n) is 3.17. The monoisotopic (exact) mass is 555 g/mol. The van der Waals surface area contributed by atoms with Gasteiger partial charge >= 0.3 is 18.0 Å². The van der Waals surface area contributed by atoms with Gasteiger partial charge in [-0.1, -0.05) is 0 Å². The second-order valence-corrected chi connectivity index (χ2v) is 8.61. The number of nitrogens with one attached hydrogen (secondary N) is 2. The lowest BCUT2D eigenvalue weighted by Gasteiger charge is -2.19. The summed E-state index contributed by atoms with van der Waals surface area (Å²) in [5, 5.41) is 20.8. The normalized spacial score (nSPS) is 13.5. The minimum Gasteiger partial charge on any atom is -0.464 e. The summed E-state index contributed by atoms with van der Waals surface area (Å²) >= 11 is 0. The van der Waals surface area contributed by atoms with E-state index in [1.807, 2.05) is 10.4 Å². The van der Waals surface area contributed by atoms with Crippen molar-refractivity contribution in [2.75, 3.05) is 5.32 Å². The van der Waals surface area contributed by atoms with E-state index in [1.165, 1.54) is 20.9 Å². The van der Waals surface area contributed by atoms with Crippen LogP contribution in [-0.4, -0.2) is 52.8 Å². The molecule has 11 nitrogen and oxygen atoms in total. The van der Waals surface area contributed by atoms with Crippen molar-refractivity contribution in [1.82, 2.24) is 29.5 Å². The Kier molecular flexibility index (Phi) is 7.08. The van der Waals surface area contributed by atoms with E-state index in [-0.39, 0.29) is 11.5 Å². The van der Waals surface area contributed by atoms with Crippen molar-refractivity contribution in [3.63, 3.8) is 0 Å². The first-order chi connectivity index (χ1) is 17.2. The van der Waals surface area contributed by atoms with Crippen molar-refractivity contribution in [1.29, 1.82) is 0 Å². The van der Waals surface area contributed by atoms with Gasteiger partial charge in [0.25, 0.3) is 5.91 Å². The quantitative estimate of drug-likeness (QED) is 0.398. The van der Waals surface area contributed by atoms with Gasteiger partial charge in [-0.05, 0) is 33.8 Å². The zero-order chi connectivity index (χ0) is 29.0. The number of ether oxygens (including phenoxy) is 1. The van der Waals surface area contributed by atoms with E-state index in [9.17, 15) is 41.0 Å². The highest BCUT2D eigenvalue weighted by Crippen LogP contribution is 2.35. The molecule has 3 heterocycles. The summed E-state index contributed by atoms with van der Waals surface area (Å²) in [5.74, 6) is -5.43. The van der Waals surface area contributed by atoms with Crippen molar-refractivity contribution in [2.24, 2.45) is 7.05 Å². The van der Waals surface area contributed by atoms with E-state index in [0.717, 1.165) is 11.5 Å². The van der Waals surface area contributed by atoms with E-state index in [4.69, 9.17) is 4.74 Å². The van der Waals surface area contributed by atoms with E-state index in [2.05, 4.69) is 15.2 Å². The van der Waals surface area contributed by atoms with Gasteiger partial charge in [-0.2, -0.15) is 41.1 Å². The Balaban J connectivity index is 2.18. The Morgan fingerprint density at radius 2 is 1.82 bits per heavy atom. The molecule has 3 aromatic rings. The molecule has 1 amide bonds. The first kappa shape index (κ1) is 28.6. The third kappa shape index (κ3) is 5.48. The summed E-state index contributed by atoms with van der Waals surface area (Å²) in [6.07, 6.45) is -12.6. The number of hydrogen-bond acceptors (Lipinski definition) is 7. The van der Waals surface area contributed by atoms with Crippen LogP contribution in [0.2, 0.25) is 0 Å². The van der Waals surface area contributed by atoms with Gasteiger partial charge in [-0.25, -0.2) is 9.18 Å². The number of aromatic nitrogens is 6. The molecule has 0 bridgehead atoms. The highest BCUT2D eigenvalue weighted by atomic mass is 19.4. The Bertz CT molecular complexity index is 1430. The maximum atomic E-state index is 15.1. The maximum Gasteiger partial charge on any atom is 0.437 e. The lowest BCUT2D eigenvalue weighted by molar-refractivity contribution is -0.190. The van der Waals surface area contributed by atoms with Gasteiger partial charge in [0, 0.05) is 7.05 Å². The van der Waals surface area contributed by atoms with Crippen LogP contribution in [0.5, 0.6) is 5.88 Å². The van der Waals surface area contributed by atoms with Crippen molar-refractivity contribution < 1.29 is 45.4 Å². The van der Waals surface area contributed by atoms with Crippen LogP contribution in [0.25, 0.3) is 5.82 Å². The molecule has 0 radical (unpaired) electrons. The number of alkyl halides is 6. The Morgan fingerprint density at radius 1 is 1.21 bits per heavy atom. The molecule has 0 aliphatic carbocycles. The van der Waals surface area contributed by atoms with Gasteiger partial charge in [0.15, 0.2) is 29.3 Å². The van der Waals surface area contributed by atoms with Crippen LogP contribution in [-0.2, 0) is 18.8 Å². The van der Waals surface area contributed by atoms with Crippen LogP contribution in [0.4, 0.5) is 36.4 Å². The third-order valence-electron chi connectivity index (χ3n) is 5.10. The van der Waals surface area contributed by atoms with Gasteiger partial charge in [-0.3, -0.25) is 14.5 Å². The zero-order valence-electron chi connectivity index (χ0n) is 20.2. The standard InChI is InChI=1S/C20H20F7N7O4/c1-7-11(12(31-30-7)20(25,26)27)28-14(35)9-6-10(21)13(29-15(9)38-8(2)19(22,23)24)34-17(36)33(5)16(32-34)18(3,4)37/h6,8,37H,1-5H3,(H,28,35)(H,30,31)/t8-/m0/s1. The lowest BCUT2D eigenvalue weighted by Crippen LogP contribution is -2.33. The summed E-state index contributed by atoms with van der Waals surface area (Å²) < 4.78 is 100. The predicted octanol–water partition coefficient (Wildman–Crippen LogP) is 2.96. The molecule has 3 N–H and O–H groups in total. The highest BCUT2D eigenvalue weighted by molar-refractivity contribution is 6.06. The largest absolute Gasteiger partial charge is 0.464 e. The van der Waals surface area contributed by atoms with Gasteiger partial charge in [-0.15, -0.1) is 5.10 Å². The molecule has 0 unspecified atom stereocenters. The highest BCUT2D eigenvalue weighted by Gasteiger charge is 2.41. The van der Waals surface area contributed by atoms with Crippen molar-refractivity contribution in [3.05, 3.63) is 45.1 Å². The third-order valence-corrected chi connectivity index (χ3v) is 5.10. The topological polar surface area (TPSA) is 140 Å². The SMILES string of the molecule is Cc1[nH]nc(C(F)(F)F)c1NC(=O)c1cc(F)c(-n2nc(C(C)(C)O)n(C)c2=O)nc1O[C@@H](C)C(F)(F)F. The molecule has 3 aromatic heterocycles. The molecule has 208 valence electrons. The zero-order valence-corrected chi connectivity index (χ0v) is 20.2. The first-order valence-electron chi connectivity index (χ1n) is 10.5. The number of aliphatic hydroxyl groups is 1. The van der Waals surface area contributed by atoms with Gasteiger partial charge < -0.3 is 15.2 Å². The average molecular weight is 555 g/mol. The lowest BCUT2D eigenvalue weighted by atomic mass is 10.1. The van der Waals surface area contributed by atoms with Gasteiger partial charge in [0.1, 0.15) is 11.2 Å². The molecule has 0 spiro atoms. The first-order valence-corrected chi connectivity index (χ1v) is 10.5. The molecule has 18 heteroatoms. The van der Waals surface area contributed by atoms with Crippen molar-refractivity contribution in [2.45, 2.75) is 51.8 Å². The number of nitrogens with zero attached hydrogens (tertiary/aromatic N) is 5. The molecule has 0 saturated heterocycles. The van der Waals surface area contributed by atoms with Crippen molar-refractivity contribution in [3.8, 4) is 11.7 Å². The number of halogens is 7. The predicted molar refractivity (Wildman–Crippen MR) is 114 cm³/mol. The molecule has 0 saturated carbocycles. The molecule has 3 rings (SSSR count). The molecular formula is C20H20F7N7O4. The van der Waals surface area contributed by atoms with Crippen LogP contribution in [0.1, 0.15) is 48.3 Å². The molecule has 0 fully saturated rings. The number of carbonyl (C=O) groups excluding carboxylic acids is 1. The van der Waals surface area contributed by atoms with E-state index in [0.29, 0.717) is 17.7 Å². The van der Waals surface area contributed by atoms with Gasteiger partial charge in [0.2, 0.25) is 5.88 Å². The maximum absolute atomic E-state index is 15.1. The Morgan fingerprint density at radius 3 is 2.32 bits per heavy atom. The van der Waals surface area contributed by atoms with Crippen LogP contribution in [0, 0.1) is 12.7 Å². The molecular weight excluding hydrogens is 535 g/mol. The summed E-state index contributed by atoms with van der Waals surface area (Å²) in [4.78, 5) is 29.0. The number of hydrogen-bond donors (Lipinski definition) is 3. The molecule has 38 heavy (non-hydrogen) atoms. The van der Waals surface area contributed by atoms with Crippen LogP contribution < -0.4 is 15.7 Å². The number of amides is 1. The molecule has 0 aliphatic rings. The number of carbonyl (C=O) groups is 1. The van der Waals surface area contributed by atoms with Crippen molar-refractivity contribution >= 4 is 11.6 Å². The number of anilines is 1. The summed E-state index contributed by atoms with van der Waals surface area (Å²) in [5.41, 5.74) is -6.47. The minimum atomic E-state index is -5.02. The molecule has 0 aliphatic heterocycles. The van der Waals surface area contributed by atoms with E-state index in [1.54, 1.807) is 0 Å². The number of rotatable bonds is 6. The molecule has 0 aromatic carbocycles. The second-order valence-electron chi connectivity index (χ2n) is 8.61. The minimum absolute atomic E-state index is 0.263. The number of aromatic amines is 1. The number of pyridine rings is 1. The number of H-pyrrole nitrogens is 1. The van der Waals surface area contributed by atoms with Crippen LogP contribution in [0.15, 0.2) is 10.9 Å². The summed E-state index contributed by atoms with van der Waals surface area (Å²) in [7, 11) is 1.17. The molecule has 1 atom stereocenters. The second kappa shape index (κ2) is 9.41. The van der Waals surface area contributed by atoms with Gasteiger partial charge in [0.05, 0.1) is 11.4 Å². The Labute approximate surface area is 208 Å². The smallest absolute Gasteiger partial charge is 0.437 e. The summed E-state index contributed by atoms with van der Waals surface area (Å²) in [6, 6.07) is 0.323.